The molecular weight excluding hydrogens is 350 g/mol. The lowest BCUT2D eigenvalue weighted by molar-refractivity contribution is 0.0273. The third kappa shape index (κ3) is 5.76. The maximum atomic E-state index is 12.1. The fourth-order valence-electron chi connectivity index (χ4n) is 2.79. The summed E-state index contributed by atoms with van der Waals surface area (Å²) in [5.74, 6) is -0.311. The number of ether oxygens (including phenoxy) is 1. The van der Waals surface area contributed by atoms with E-state index in [4.69, 9.17) is 16.3 Å². The number of sulfone groups is 1. The first-order valence-electron chi connectivity index (χ1n) is 8.27. The van der Waals surface area contributed by atoms with Crippen LogP contribution in [0.25, 0.3) is 0 Å². The molecule has 1 saturated carbocycles. The van der Waals surface area contributed by atoms with Crippen molar-refractivity contribution in [1.82, 2.24) is 5.32 Å². The summed E-state index contributed by atoms with van der Waals surface area (Å²) in [5.41, 5.74) is 0.285. The monoisotopic (exact) mass is 373 g/mol. The zero-order chi connectivity index (χ0) is 17.6. The highest BCUT2D eigenvalue weighted by Gasteiger charge is 2.16. The summed E-state index contributed by atoms with van der Waals surface area (Å²) in [6.07, 6.45) is 8.20. The summed E-state index contributed by atoms with van der Waals surface area (Å²) in [7, 11) is -3.46. The zero-order valence-electron chi connectivity index (χ0n) is 13.9. The summed E-state index contributed by atoms with van der Waals surface area (Å²) in [6.45, 7) is 1.11. The average molecular weight is 374 g/mol. The standard InChI is InChI=1S/C17H24ClNO4S/c1-24(21,22)16-12-13(8-9-15(16)18)17(20)19-10-5-11-23-14-6-3-2-4-7-14/h8-9,12,14H,2-7,10-11H2,1H3,(H,19,20). The van der Waals surface area contributed by atoms with E-state index < -0.39 is 9.84 Å². The molecule has 1 aromatic carbocycles. The molecule has 5 nitrogen and oxygen atoms in total. The fraction of sp³-hybridized carbons (Fsp3) is 0.588. The van der Waals surface area contributed by atoms with Gasteiger partial charge < -0.3 is 10.1 Å². The molecule has 0 saturated heterocycles. The smallest absolute Gasteiger partial charge is 0.251 e. The van der Waals surface area contributed by atoms with E-state index in [0.29, 0.717) is 19.3 Å². The topological polar surface area (TPSA) is 72.5 Å². The molecule has 2 rings (SSSR count). The maximum Gasteiger partial charge on any atom is 0.251 e. The van der Waals surface area contributed by atoms with Crippen LogP contribution in [0.4, 0.5) is 0 Å². The van der Waals surface area contributed by atoms with E-state index >= 15 is 0 Å². The highest BCUT2D eigenvalue weighted by atomic mass is 35.5. The predicted octanol–water partition coefficient (Wildman–Crippen LogP) is 3.21. The summed E-state index contributed by atoms with van der Waals surface area (Å²) < 4.78 is 29.1. The third-order valence-corrected chi connectivity index (χ3v) is 5.68. The predicted molar refractivity (Wildman–Crippen MR) is 94.3 cm³/mol. The van der Waals surface area contributed by atoms with Crippen molar-refractivity contribution in [3.05, 3.63) is 28.8 Å². The number of rotatable bonds is 7. The van der Waals surface area contributed by atoms with Gasteiger partial charge in [0.1, 0.15) is 0 Å². The quantitative estimate of drug-likeness (QED) is 0.745. The van der Waals surface area contributed by atoms with Crippen LogP contribution in [0, 0.1) is 0 Å². The molecule has 0 unspecified atom stereocenters. The Labute approximate surface area is 148 Å². The molecule has 1 aromatic rings. The minimum absolute atomic E-state index is 0.0301. The largest absolute Gasteiger partial charge is 0.378 e. The van der Waals surface area contributed by atoms with E-state index in [1.54, 1.807) is 0 Å². The number of carbonyl (C=O) groups excluding carboxylic acids is 1. The molecule has 0 bridgehead atoms. The van der Waals surface area contributed by atoms with E-state index in [1.165, 1.54) is 37.5 Å². The van der Waals surface area contributed by atoms with Gasteiger partial charge in [-0.2, -0.15) is 0 Å². The second kappa shape index (κ2) is 8.83. The lowest BCUT2D eigenvalue weighted by Crippen LogP contribution is -2.26. The van der Waals surface area contributed by atoms with Crippen LogP contribution in [-0.2, 0) is 14.6 Å². The van der Waals surface area contributed by atoms with Crippen molar-refractivity contribution in [1.29, 1.82) is 0 Å². The van der Waals surface area contributed by atoms with Crippen LogP contribution < -0.4 is 5.32 Å². The van der Waals surface area contributed by atoms with Crippen molar-refractivity contribution in [2.75, 3.05) is 19.4 Å². The highest BCUT2D eigenvalue weighted by molar-refractivity contribution is 7.90. The zero-order valence-corrected chi connectivity index (χ0v) is 15.5. The fourth-order valence-corrected chi connectivity index (χ4v) is 4.09. The Bertz CT molecular complexity index is 669. The third-order valence-electron chi connectivity index (χ3n) is 4.11. The Kier molecular flexibility index (Phi) is 7.07. The molecule has 1 fully saturated rings. The highest BCUT2D eigenvalue weighted by Crippen LogP contribution is 2.22. The van der Waals surface area contributed by atoms with E-state index in [-0.39, 0.29) is 21.4 Å². The number of hydrogen-bond acceptors (Lipinski definition) is 4. The number of halogens is 1. The number of carbonyl (C=O) groups is 1. The lowest BCUT2D eigenvalue weighted by Gasteiger charge is -2.21. The number of amides is 1. The first-order chi connectivity index (χ1) is 11.4. The van der Waals surface area contributed by atoms with E-state index in [0.717, 1.165) is 25.5 Å². The summed E-state index contributed by atoms with van der Waals surface area (Å²) in [4.78, 5) is 12.1. The van der Waals surface area contributed by atoms with Crippen molar-refractivity contribution in [3.63, 3.8) is 0 Å². The second-order valence-electron chi connectivity index (χ2n) is 6.16. The van der Waals surface area contributed by atoms with Crippen molar-refractivity contribution in [3.8, 4) is 0 Å². The van der Waals surface area contributed by atoms with E-state index in [9.17, 15) is 13.2 Å². The maximum absolute atomic E-state index is 12.1. The Morgan fingerprint density at radius 3 is 2.67 bits per heavy atom. The second-order valence-corrected chi connectivity index (χ2v) is 8.55. The molecular formula is C17H24ClNO4S. The number of hydrogen-bond donors (Lipinski definition) is 1. The van der Waals surface area contributed by atoms with Gasteiger partial charge in [-0.3, -0.25) is 4.79 Å². The van der Waals surface area contributed by atoms with Gasteiger partial charge >= 0.3 is 0 Å². The first kappa shape index (κ1) is 19.2. The molecule has 0 atom stereocenters. The van der Waals surface area contributed by atoms with Crippen molar-refractivity contribution >= 4 is 27.3 Å². The molecule has 0 spiro atoms. The van der Waals surface area contributed by atoms with Crippen LogP contribution in [0.5, 0.6) is 0 Å². The Morgan fingerprint density at radius 1 is 1.29 bits per heavy atom. The van der Waals surface area contributed by atoms with Crippen LogP contribution in [0.15, 0.2) is 23.1 Å². The SMILES string of the molecule is CS(=O)(=O)c1cc(C(=O)NCCCOC2CCCCC2)ccc1Cl. The van der Waals surface area contributed by atoms with Gasteiger partial charge in [0.2, 0.25) is 0 Å². The molecule has 0 heterocycles. The molecule has 0 radical (unpaired) electrons. The molecule has 24 heavy (non-hydrogen) atoms. The molecule has 7 heteroatoms. The average Bonchev–Trinajstić information content (AvgIpc) is 2.54. The summed E-state index contributed by atoms with van der Waals surface area (Å²) in [6, 6.07) is 4.26. The Morgan fingerprint density at radius 2 is 2.00 bits per heavy atom. The van der Waals surface area contributed by atoms with Crippen LogP contribution in [0.1, 0.15) is 48.9 Å². The molecule has 1 N–H and O–H groups in total. The Hall–Kier alpha value is -1.11. The Balaban J connectivity index is 1.78. The minimum atomic E-state index is -3.46. The van der Waals surface area contributed by atoms with Crippen molar-refractivity contribution < 1.29 is 17.9 Å². The number of nitrogens with one attached hydrogen (secondary N) is 1. The van der Waals surface area contributed by atoms with E-state index in [1.807, 2.05) is 0 Å². The van der Waals surface area contributed by atoms with Gasteiger partial charge in [-0.05, 0) is 37.5 Å². The van der Waals surface area contributed by atoms with Gasteiger partial charge in [-0.1, -0.05) is 30.9 Å². The summed E-state index contributed by atoms with van der Waals surface area (Å²) >= 11 is 5.88. The molecule has 1 aliphatic rings. The van der Waals surface area contributed by atoms with Gasteiger partial charge in [0.05, 0.1) is 16.0 Å². The van der Waals surface area contributed by atoms with E-state index in [2.05, 4.69) is 5.32 Å². The summed E-state index contributed by atoms with van der Waals surface area (Å²) in [5, 5.41) is 2.90. The van der Waals surface area contributed by atoms with Gasteiger partial charge in [0.15, 0.2) is 9.84 Å². The van der Waals surface area contributed by atoms with Crippen molar-refractivity contribution in [2.24, 2.45) is 0 Å². The molecule has 134 valence electrons. The normalized spacial score (nSPS) is 16.1. The lowest BCUT2D eigenvalue weighted by atomic mass is 9.98. The first-order valence-corrected chi connectivity index (χ1v) is 10.5. The van der Waals surface area contributed by atoms with Crippen molar-refractivity contribution in [2.45, 2.75) is 49.5 Å². The van der Waals surface area contributed by atoms with Crippen LogP contribution in [0.2, 0.25) is 5.02 Å². The minimum Gasteiger partial charge on any atom is -0.378 e. The number of benzene rings is 1. The van der Waals surface area contributed by atoms with Crippen LogP contribution in [-0.4, -0.2) is 39.8 Å². The van der Waals surface area contributed by atoms with Gasteiger partial charge in [0, 0.05) is 25.0 Å². The molecule has 0 aromatic heterocycles. The van der Waals surface area contributed by atoms with Crippen LogP contribution >= 0.6 is 11.6 Å². The molecule has 0 aliphatic heterocycles. The van der Waals surface area contributed by atoms with Gasteiger partial charge in [-0.15, -0.1) is 0 Å². The van der Waals surface area contributed by atoms with Gasteiger partial charge in [0.25, 0.3) is 5.91 Å². The molecule has 1 amide bonds. The molecule has 1 aliphatic carbocycles. The van der Waals surface area contributed by atoms with Gasteiger partial charge in [-0.25, -0.2) is 8.42 Å². The van der Waals surface area contributed by atoms with Crippen LogP contribution in [0.3, 0.4) is 0 Å².